The van der Waals surface area contributed by atoms with Gasteiger partial charge in [-0.2, -0.15) is 0 Å². The zero-order chi connectivity index (χ0) is 18.4. The fourth-order valence-electron chi connectivity index (χ4n) is 7.06. The van der Waals surface area contributed by atoms with Gasteiger partial charge in [0.05, 0.1) is 12.2 Å². The molecule has 0 aliphatic heterocycles. The van der Waals surface area contributed by atoms with Gasteiger partial charge in [-0.05, 0) is 60.5 Å². The highest BCUT2D eigenvalue weighted by molar-refractivity contribution is 5.92. The van der Waals surface area contributed by atoms with Crippen LogP contribution < -0.4 is 0 Å². The summed E-state index contributed by atoms with van der Waals surface area (Å²) in [4.78, 5) is 11.9. The third kappa shape index (κ3) is 1.91. The Labute approximate surface area is 149 Å². The Morgan fingerprint density at radius 3 is 2.48 bits per heavy atom. The van der Waals surface area contributed by atoms with E-state index in [4.69, 9.17) is 0 Å². The van der Waals surface area contributed by atoms with Crippen LogP contribution in [0.5, 0.6) is 0 Å². The summed E-state index contributed by atoms with van der Waals surface area (Å²) in [6, 6.07) is 0. The van der Waals surface area contributed by atoms with Crippen molar-refractivity contribution in [2.75, 3.05) is 0 Å². The van der Waals surface area contributed by atoms with Crippen molar-refractivity contribution in [2.24, 2.45) is 28.1 Å². The van der Waals surface area contributed by atoms with E-state index in [0.29, 0.717) is 31.3 Å². The minimum absolute atomic E-state index is 0.0364. The van der Waals surface area contributed by atoms with E-state index in [1.54, 1.807) is 0 Å². The average molecular weight is 350 g/mol. The lowest BCUT2D eigenvalue weighted by molar-refractivity contribution is -0.225. The molecule has 4 aliphatic rings. The lowest BCUT2D eigenvalue weighted by atomic mass is 9.43. The minimum Gasteiger partial charge on any atom is -0.390 e. The number of aliphatic hydroxyl groups is 2. The molecule has 0 heterocycles. The SMILES string of the molecule is CC1(C)CCC2C3C[C@@H](O)C4=CC(=O)CC[C@]4(C)[C@@]3(F)[C@@H](O)C[C@@]21C. The maximum atomic E-state index is 16.8. The highest BCUT2D eigenvalue weighted by Crippen LogP contribution is 2.71. The molecule has 0 spiro atoms. The fourth-order valence-corrected chi connectivity index (χ4v) is 7.06. The molecule has 3 nitrogen and oxygen atoms in total. The van der Waals surface area contributed by atoms with Crippen LogP contribution in [0.2, 0.25) is 0 Å². The molecule has 0 radical (unpaired) electrons. The summed E-state index contributed by atoms with van der Waals surface area (Å²) in [5.41, 5.74) is -2.25. The number of ketones is 1. The molecule has 0 bridgehead atoms. The second-order valence-corrected chi connectivity index (χ2v) is 10.2. The quantitative estimate of drug-likeness (QED) is 0.702. The van der Waals surface area contributed by atoms with Crippen molar-refractivity contribution >= 4 is 5.78 Å². The van der Waals surface area contributed by atoms with Crippen LogP contribution in [0.25, 0.3) is 0 Å². The smallest absolute Gasteiger partial charge is 0.155 e. The molecule has 0 amide bonds. The van der Waals surface area contributed by atoms with Crippen molar-refractivity contribution in [1.82, 2.24) is 0 Å². The molecule has 25 heavy (non-hydrogen) atoms. The van der Waals surface area contributed by atoms with E-state index in [0.717, 1.165) is 12.8 Å². The summed E-state index contributed by atoms with van der Waals surface area (Å²) in [6.45, 7) is 8.50. The predicted molar refractivity (Wildman–Crippen MR) is 93.6 cm³/mol. The van der Waals surface area contributed by atoms with Gasteiger partial charge in [-0.25, -0.2) is 4.39 Å². The summed E-state index contributed by atoms with van der Waals surface area (Å²) in [5.74, 6) is -0.222. The third-order valence-electron chi connectivity index (χ3n) is 9.08. The Morgan fingerprint density at radius 1 is 1.12 bits per heavy atom. The molecule has 4 rings (SSSR count). The molecular weight excluding hydrogens is 319 g/mol. The van der Waals surface area contributed by atoms with Gasteiger partial charge in [0, 0.05) is 17.8 Å². The van der Waals surface area contributed by atoms with E-state index in [9.17, 15) is 15.0 Å². The van der Waals surface area contributed by atoms with E-state index >= 15 is 4.39 Å². The predicted octanol–water partition coefficient (Wildman–Crippen LogP) is 3.58. The molecule has 140 valence electrons. The normalized spacial score (nSPS) is 54.4. The molecule has 2 unspecified atom stereocenters. The maximum absolute atomic E-state index is 16.8. The molecule has 0 aromatic heterocycles. The van der Waals surface area contributed by atoms with Crippen molar-refractivity contribution in [3.05, 3.63) is 11.6 Å². The Morgan fingerprint density at radius 2 is 1.80 bits per heavy atom. The van der Waals surface area contributed by atoms with E-state index in [1.807, 2.05) is 6.92 Å². The summed E-state index contributed by atoms with van der Waals surface area (Å²) in [7, 11) is 0. The molecule has 3 saturated carbocycles. The molecule has 3 fully saturated rings. The van der Waals surface area contributed by atoms with Crippen molar-refractivity contribution in [2.45, 2.75) is 84.1 Å². The maximum Gasteiger partial charge on any atom is 0.155 e. The topological polar surface area (TPSA) is 57.5 Å². The number of fused-ring (bicyclic) bond motifs is 5. The Balaban J connectivity index is 1.86. The molecule has 0 saturated heterocycles. The summed E-state index contributed by atoms with van der Waals surface area (Å²) < 4.78 is 16.8. The second-order valence-electron chi connectivity index (χ2n) is 10.2. The van der Waals surface area contributed by atoms with E-state index in [-0.39, 0.29) is 28.4 Å². The van der Waals surface area contributed by atoms with Crippen LogP contribution >= 0.6 is 0 Å². The highest BCUT2D eigenvalue weighted by Gasteiger charge is 2.72. The monoisotopic (exact) mass is 350 g/mol. The highest BCUT2D eigenvalue weighted by atomic mass is 19.1. The molecule has 0 aromatic rings. The molecule has 2 N–H and O–H groups in total. The van der Waals surface area contributed by atoms with Crippen molar-refractivity contribution < 1.29 is 19.4 Å². The van der Waals surface area contributed by atoms with Crippen LogP contribution in [0.4, 0.5) is 4.39 Å². The van der Waals surface area contributed by atoms with Gasteiger partial charge >= 0.3 is 0 Å². The minimum atomic E-state index is -1.76. The zero-order valence-corrected chi connectivity index (χ0v) is 15.8. The first-order valence-corrected chi connectivity index (χ1v) is 9.77. The summed E-state index contributed by atoms with van der Waals surface area (Å²) in [5, 5.41) is 21.9. The van der Waals surface area contributed by atoms with Crippen LogP contribution in [-0.2, 0) is 4.79 Å². The Hall–Kier alpha value is -0.740. The number of carbonyl (C=O) groups is 1. The van der Waals surface area contributed by atoms with Gasteiger partial charge in [0.1, 0.15) is 5.67 Å². The van der Waals surface area contributed by atoms with Gasteiger partial charge in [0.15, 0.2) is 5.78 Å². The lowest BCUT2D eigenvalue weighted by Crippen LogP contribution is -2.69. The van der Waals surface area contributed by atoms with Crippen molar-refractivity contribution in [3.63, 3.8) is 0 Å². The summed E-state index contributed by atoms with van der Waals surface area (Å²) >= 11 is 0. The third-order valence-corrected chi connectivity index (χ3v) is 9.08. The van der Waals surface area contributed by atoms with Gasteiger partial charge in [-0.15, -0.1) is 0 Å². The molecule has 0 aromatic carbocycles. The van der Waals surface area contributed by atoms with E-state index in [1.165, 1.54) is 6.08 Å². The molecule has 7 atom stereocenters. The zero-order valence-electron chi connectivity index (χ0n) is 15.8. The van der Waals surface area contributed by atoms with Crippen molar-refractivity contribution in [3.8, 4) is 0 Å². The fraction of sp³-hybridized carbons (Fsp3) is 0.857. The van der Waals surface area contributed by atoms with Crippen LogP contribution in [0, 0.1) is 28.1 Å². The number of hydrogen-bond donors (Lipinski definition) is 2. The second kappa shape index (κ2) is 4.95. The van der Waals surface area contributed by atoms with Gasteiger partial charge in [-0.1, -0.05) is 27.7 Å². The van der Waals surface area contributed by atoms with E-state index < -0.39 is 23.3 Å². The largest absolute Gasteiger partial charge is 0.390 e. The van der Waals surface area contributed by atoms with Gasteiger partial charge in [0.2, 0.25) is 0 Å². The van der Waals surface area contributed by atoms with Crippen LogP contribution in [0.1, 0.15) is 66.2 Å². The number of carbonyl (C=O) groups excluding carboxylic acids is 1. The Kier molecular flexibility index (Phi) is 3.50. The van der Waals surface area contributed by atoms with E-state index in [2.05, 4.69) is 20.8 Å². The molecule has 4 heteroatoms. The Bertz CT molecular complexity index is 656. The van der Waals surface area contributed by atoms with Crippen molar-refractivity contribution in [1.29, 1.82) is 0 Å². The van der Waals surface area contributed by atoms with Crippen LogP contribution in [-0.4, -0.2) is 33.9 Å². The van der Waals surface area contributed by atoms with Gasteiger partial charge in [0.25, 0.3) is 0 Å². The summed E-state index contributed by atoms with van der Waals surface area (Å²) in [6.07, 6.45) is 3.08. The van der Waals surface area contributed by atoms with Gasteiger partial charge in [-0.3, -0.25) is 4.79 Å². The molecule has 4 aliphatic carbocycles. The first kappa shape index (κ1) is 17.7. The number of rotatable bonds is 0. The number of aliphatic hydroxyl groups excluding tert-OH is 2. The average Bonchev–Trinajstić information content (AvgIpc) is 2.75. The number of alkyl halides is 1. The first-order chi connectivity index (χ1) is 11.5. The van der Waals surface area contributed by atoms with Crippen LogP contribution in [0.3, 0.4) is 0 Å². The van der Waals surface area contributed by atoms with Crippen LogP contribution in [0.15, 0.2) is 11.6 Å². The lowest BCUT2D eigenvalue weighted by Gasteiger charge is -2.64. The molecular formula is C21H31FO3. The number of halogens is 1. The first-order valence-electron chi connectivity index (χ1n) is 9.77. The number of hydrogen-bond acceptors (Lipinski definition) is 3. The van der Waals surface area contributed by atoms with Gasteiger partial charge < -0.3 is 10.2 Å². The standard InChI is InChI=1S/C21H31FO3/c1-18(2)7-6-13-14-10-16(24)15-9-12(23)5-8-19(15,3)21(14,22)17(25)11-20(13,18)4/h9,13-14,16-17,24-25H,5-8,10-11H2,1-4H3/t13?,14?,16-,17+,19+,20+,21+/m1/s1.